The van der Waals surface area contributed by atoms with E-state index in [9.17, 15) is 0 Å². The third-order valence-corrected chi connectivity index (χ3v) is 2.53. The molecule has 0 aromatic carbocycles. The Morgan fingerprint density at radius 2 is 2.11 bits per heavy atom. The van der Waals surface area contributed by atoms with Crippen molar-refractivity contribution < 1.29 is 5.21 Å². The smallest absolute Gasteiger partial charge is 0.175 e. The van der Waals surface area contributed by atoms with Crippen molar-refractivity contribution in [3.63, 3.8) is 0 Å². The molecule has 0 atom stereocenters. The van der Waals surface area contributed by atoms with Gasteiger partial charge in [0.15, 0.2) is 5.84 Å². The van der Waals surface area contributed by atoms with Gasteiger partial charge >= 0.3 is 0 Å². The Morgan fingerprint density at radius 1 is 1.44 bits per heavy atom. The summed E-state index contributed by atoms with van der Waals surface area (Å²) in [5.41, 5.74) is 6.21. The first-order chi connectivity index (χ1) is 8.47. The van der Waals surface area contributed by atoms with Gasteiger partial charge in [0.05, 0.1) is 5.56 Å². The Hall–Kier alpha value is -1.85. The maximum absolute atomic E-state index is 8.80. The molecular formula is C12H21N5O. The first-order valence-corrected chi connectivity index (χ1v) is 6.01. The Morgan fingerprint density at radius 3 is 2.61 bits per heavy atom. The second kappa shape index (κ2) is 6.18. The van der Waals surface area contributed by atoms with Gasteiger partial charge in [-0.3, -0.25) is 0 Å². The molecule has 100 valence electrons. The van der Waals surface area contributed by atoms with Gasteiger partial charge in [-0.05, 0) is 19.8 Å². The third-order valence-electron chi connectivity index (χ3n) is 2.53. The largest absolute Gasteiger partial charge is 0.409 e. The van der Waals surface area contributed by atoms with Crippen LogP contribution in [0.5, 0.6) is 0 Å². The summed E-state index contributed by atoms with van der Waals surface area (Å²) in [5, 5.41) is 11.8. The highest BCUT2D eigenvalue weighted by Gasteiger charge is 2.19. The Bertz CT molecular complexity index is 417. The molecule has 0 aliphatic carbocycles. The van der Waals surface area contributed by atoms with Gasteiger partial charge in [-0.2, -0.15) is 0 Å². The van der Waals surface area contributed by atoms with Crippen LogP contribution in [0.2, 0.25) is 0 Å². The number of hydrogen-bond acceptors (Lipinski definition) is 5. The summed E-state index contributed by atoms with van der Waals surface area (Å²) in [7, 11) is 0. The van der Waals surface area contributed by atoms with Crippen LogP contribution in [0.4, 0.5) is 5.82 Å². The topological polar surface area (TPSA) is 87.6 Å². The van der Waals surface area contributed by atoms with Gasteiger partial charge < -0.3 is 15.8 Å². The molecule has 0 bridgehead atoms. The number of nitrogens with two attached hydrogens (primary N) is 1. The first-order valence-electron chi connectivity index (χ1n) is 6.01. The Kier molecular flexibility index (Phi) is 4.88. The highest BCUT2D eigenvalue weighted by Crippen LogP contribution is 2.20. The number of amidine groups is 1. The van der Waals surface area contributed by atoms with E-state index in [1.54, 1.807) is 6.20 Å². The van der Waals surface area contributed by atoms with Crippen LogP contribution in [0.25, 0.3) is 0 Å². The number of oxime groups is 1. The molecule has 6 heteroatoms. The van der Waals surface area contributed by atoms with E-state index < -0.39 is 0 Å². The molecule has 0 fully saturated rings. The summed E-state index contributed by atoms with van der Waals surface area (Å²) in [6.45, 7) is 9.29. The summed E-state index contributed by atoms with van der Waals surface area (Å²) in [4.78, 5) is 10.3. The van der Waals surface area contributed by atoms with Gasteiger partial charge in [0.2, 0.25) is 0 Å². The molecular weight excluding hydrogens is 230 g/mol. The lowest BCUT2D eigenvalue weighted by atomic mass is 10.1. The fraction of sp³-hybridized carbons (Fsp3) is 0.583. The lowest BCUT2D eigenvalue weighted by Crippen LogP contribution is -2.36. The number of anilines is 1. The van der Waals surface area contributed by atoms with E-state index in [0.717, 1.165) is 6.54 Å². The number of aromatic nitrogens is 2. The standard InChI is InChI=1S/C12H21N5O/c1-8(2)6-17(9(3)4)12-10(11(13)16-18)5-14-7-15-12/h5,7-9,18H,6H2,1-4H3,(H2,13,16). The second-order valence-electron chi connectivity index (χ2n) is 4.89. The summed E-state index contributed by atoms with van der Waals surface area (Å²) < 4.78 is 0. The van der Waals surface area contributed by atoms with Crippen LogP contribution in [0, 0.1) is 5.92 Å². The zero-order chi connectivity index (χ0) is 13.7. The molecule has 1 rings (SSSR count). The lowest BCUT2D eigenvalue weighted by Gasteiger charge is -2.30. The number of nitrogens with zero attached hydrogens (tertiary/aromatic N) is 4. The van der Waals surface area contributed by atoms with Crippen LogP contribution >= 0.6 is 0 Å². The molecule has 3 N–H and O–H groups in total. The summed E-state index contributed by atoms with van der Waals surface area (Å²) in [6, 6.07) is 0.271. The molecule has 0 saturated heterocycles. The van der Waals surface area contributed by atoms with E-state index in [0.29, 0.717) is 17.3 Å². The first kappa shape index (κ1) is 14.2. The van der Waals surface area contributed by atoms with Crippen LogP contribution in [0.1, 0.15) is 33.3 Å². The van der Waals surface area contributed by atoms with Crippen LogP contribution in [-0.4, -0.2) is 33.6 Å². The summed E-state index contributed by atoms with van der Waals surface area (Å²) in [6.07, 6.45) is 3.03. The quantitative estimate of drug-likeness (QED) is 0.358. The van der Waals surface area contributed by atoms with E-state index >= 15 is 0 Å². The highest BCUT2D eigenvalue weighted by molar-refractivity contribution is 6.01. The molecule has 0 amide bonds. The SMILES string of the molecule is CC(C)CN(c1ncncc1C(N)=NO)C(C)C. The van der Waals surface area contributed by atoms with Crippen LogP contribution < -0.4 is 10.6 Å². The van der Waals surface area contributed by atoms with Gasteiger partial charge in [-0.1, -0.05) is 19.0 Å². The minimum atomic E-state index is 0.0278. The van der Waals surface area contributed by atoms with Crippen molar-refractivity contribution in [3.05, 3.63) is 18.1 Å². The highest BCUT2D eigenvalue weighted by atomic mass is 16.4. The van der Waals surface area contributed by atoms with Crippen molar-refractivity contribution in [1.29, 1.82) is 0 Å². The van der Waals surface area contributed by atoms with E-state index in [2.05, 4.69) is 47.7 Å². The zero-order valence-corrected chi connectivity index (χ0v) is 11.3. The minimum Gasteiger partial charge on any atom is -0.409 e. The fourth-order valence-corrected chi connectivity index (χ4v) is 1.72. The maximum atomic E-state index is 8.80. The lowest BCUT2D eigenvalue weighted by molar-refractivity contribution is 0.318. The van der Waals surface area contributed by atoms with E-state index in [1.807, 2.05) is 0 Å². The molecule has 1 aromatic heterocycles. The molecule has 1 heterocycles. The Labute approximate surface area is 108 Å². The molecule has 0 unspecified atom stereocenters. The van der Waals surface area contributed by atoms with Crippen molar-refractivity contribution in [2.24, 2.45) is 16.8 Å². The predicted octanol–water partition coefficient (Wildman–Crippen LogP) is 1.44. The molecule has 0 spiro atoms. The average molecular weight is 251 g/mol. The molecule has 0 saturated carbocycles. The van der Waals surface area contributed by atoms with Crippen molar-refractivity contribution >= 4 is 11.7 Å². The van der Waals surface area contributed by atoms with Crippen LogP contribution in [-0.2, 0) is 0 Å². The van der Waals surface area contributed by atoms with Gasteiger partial charge in [0, 0.05) is 18.8 Å². The van der Waals surface area contributed by atoms with Gasteiger partial charge in [-0.15, -0.1) is 0 Å². The monoisotopic (exact) mass is 251 g/mol. The Balaban J connectivity index is 3.19. The van der Waals surface area contributed by atoms with Gasteiger partial charge in [-0.25, -0.2) is 9.97 Å². The van der Waals surface area contributed by atoms with Crippen molar-refractivity contribution in [2.75, 3.05) is 11.4 Å². The predicted molar refractivity (Wildman–Crippen MR) is 71.9 cm³/mol. The molecule has 0 aliphatic heterocycles. The van der Waals surface area contributed by atoms with Gasteiger partial charge in [0.25, 0.3) is 0 Å². The second-order valence-corrected chi connectivity index (χ2v) is 4.89. The minimum absolute atomic E-state index is 0.0278. The van der Waals surface area contributed by atoms with E-state index in [4.69, 9.17) is 10.9 Å². The third kappa shape index (κ3) is 3.32. The van der Waals surface area contributed by atoms with Crippen LogP contribution in [0.15, 0.2) is 17.7 Å². The summed E-state index contributed by atoms with van der Waals surface area (Å²) >= 11 is 0. The van der Waals surface area contributed by atoms with Crippen molar-refractivity contribution in [1.82, 2.24) is 9.97 Å². The van der Waals surface area contributed by atoms with Crippen molar-refractivity contribution in [2.45, 2.75) is 33.7 Å². The summed E-state index contributed by atoms with van der Waals surface area (Å²) in [5.74, 6) is 1.21. The molecule has 18 heavy (non-hydrogen) atoms. The van der Waals surface area contributed by atoms with E-state index in [-0.39, 0.29) is 11.9 Å². The van der Waals surface area contributed by atoms with Crippen molar-refractivity contribution in [3.8, 4) is 0 Å². The molecule has 0 aliphatic rings. The molecule has 1 aromatic rings. The normalized spacial score (nSPS) is 12.2. The zero-order valence-electron chi connectivity index (χ0n) is 11.3. The fourth-order valence-electron chi connectivity index (χ4n) is 1.72. The molecule has 6 nitrogen and oxygen atoms in total. The maximum Gasteiger partial charge on any atom is 0.175 e. The number of hydrogen-bond donors (Lipinski definition) is 2. The molecule has 0 radical (unpaired) electrons. The van der Waals surface area contributed by atoms with Crippen LogP contribution in [0.3, 0.4) is 0 Å². The van der Waals surface area contributed by atoms with E-state index in [1.165, 1.54) is 6.33 Å². The average Bonchev–Trinajstić information content (AvgIpc) is 2.34. The number of rotatable bonds is 5. The van der Waals surface area contributed by atoms with Gasteiger partial charge in [0.1, 0.15) is 12.1 Å².